The molecule has 8 aliphatic rings. The van der Waals surface area contributed by atoms with Gasteiger partial charge in [-0.15, -0.1) is 0 Å². The van der Waals surface area contributed by atoms with Crippen molar-refractivity contribution in [1.82, 2.24) is 0 Å². The summed E-state index contributed by atoms with van der Waals surface area (Å²) in [6.07, 6.45) is -3.89. The van der Waals surface area contributed by atoms with Gasteiger partial charge >= 0.3 is 5.97 Å². The van der Waals surface area contributed by atoms with Crippen molar-refractivity contribution in [2.24, 2.45) is 34.5 Å². The summed E-state index contributed by atoms with van der Waals surface area (Å²) in [7, 11) is 0. The molecule has 274 valence electrons. The summed E-state index contributed by atoms with van der Waals surface area (Å²) in [5.41, 5.74) is -1.36. The highest BCUT2D eigenvalue weighted by atomic mass is 16.8. The molecule has 3 saturated heterocycles. The van der Waals surface area contributed by atoms with E-state index in [1.54, 1.807) is 13.0 Å². The largest absolute Gasteiger partial charge is 0.458 e. The van der Waals surface area contributed by atoms with E-state index in [9.17, 15) is 40.2 Å². The molecule has 0 bridgehead atoms. The topological polar surface area (TPSA) is 211 Å². The van der Waals surface area contributed by atoms with Crippen molar-refractivity contribution in [2.45, 2.75) is 144 Å². The molecule has 14 nitrogen and oxygen atoms in total. The average Bonchev–Trinajstić information content (AvgIpc) is 3.62. The van der Waals surface area contributed by atoms with E-state index in [0.717, 1.165) is 37.5 Å². The number of ether oxygens (including phenoxy) is 6. The first kappa shape index (κ1) is 34.5. The van der Waals surface area contributed by atoms with Gasteiger partial charge in [0.25, 0.3) is 0 Å². The van der Waals surface area contributed by atoms with Crippen LogP contribution in [0, 0.1) is 34.5 Å². The summed E-state index contributed by atoms with van der Waals surface area (Å²) in [6.45, 7) is 3.54. The highest BCUT2D eigenvalue weighted by molar-refractivity contribution is 5.85. The summed E-state index contributed by atoms with van der Waals surface area (Å²) in [6, 6.07) is 0. The third kappa shape index (κ3) is 4.93. The van der Waals surface area contributed by atoms with E-state index in [-0.39, 0.29) is 49.1 Å². The minimum Gasteiger partial charge on any atom is -0.458 e. The van der Waals surface area contributed by atoms with Gasteiger partial charge in [-0.1, -0.05) is 6.92 Å². The molecule has 4 saturated carbocycles. The molecular weight excluding hydrogens is 644 g/mol. The second-order valence-electron chi connectivity index (χ2n) is 16.4. The van der Waals surface area contributed by atoms with Gasteiger partial charge in [0.15, 0.2) is 6.29 Å². The van der Waals surface area contributed by atoms with Gasteiger partial charge in [0.2, 0.25) is 12.1 Å². The Bertz CT molecular complexity index is 1360. The minimum atomic E-state index is -2.17. The number of carbonyl (C=O) groups excluding carboxylic acids is 2. The summed E-state index contributed by atoms with van der Waals surface area (Å²) in [5.74, 6) is -2.74. The van der Waals surface area contributed by atoms with Gasteiger partial charge in [-0.25, -0.2) is 4.79 Å². The fourth-order valence-electron chi connectivity index (χ4n) is 11.7. The SMILES string of the molecule is C[C@@H]1C[C@@H](O[C@@H]2O[C@H](CO)[C@@H](O)[C@H](O)[C@H]2O)[C@]2(O)O[C@@H]3C[C@]4(C=O)C5CC[C@]6(C)[C@@H](C7=CC(=O)OC7)CC[C@]6(O)C5CC[C@H]4C[C@H]3O[C@@H]2O1. The second-order valence-corrected chi connectivity index (χ2v) is 16.4. The molecule has 0 radical (unpaired) electrons. The van der Waals surface area contributed by atoms with Crippen molar-refractivity contribution in [3.05, 3.63) is 11.6 Å². The lowest BCUT2D eigenvalue weighted by molar-refractivity contribution is -0.471. The number of aldehydes is 1. The van der Waals surface area contributed by atoms with Crippen molar-refractivity contribution in [1.29, 1.82) is 0 Å². The molecule has 0 aromatic rings. The number of aliphatic hydroxyl groups is 6. The van der Waals surface area contributed by atoms with Crippen molar-refractivity contribution < 1.29 is 68.6 Å². The number of hydrogen-bond donors (Lipinski definition) is 6. The van der Waals surface area contributed by atoms with Crippen LogP contribution in [0.25, 0.3) is 0 Å². The van der Waals surface area contributed by atoms with E-state index < -0.39 is 90.2 Å². The normalized spacial score (nSPS) is 56.7. The maximum absolute atomic E-state index is 13.5. The predicted octanol–water partition coefficient (Wildman–Crippen LogP) is -0.175. The van der Waals surface area contributed by atoms with Gasteiger partial charge < -0.3 is 63.9 Å². The number of rotatable bonds is 5. The van der Waals surface area contributed by atoms with Gasteiger partial charge in [-0.3, -0.25) is 0 Å². The zero-order valence-electron chi connectivity index (χ0n) is 28.0. The Morgan fingerprint density at radius 1 is 0.959 bits per heavy atom. The maximum atomic E-state index is 13.5. The third-order valence-corrected chi connectivity index (χ3v) is 14.2. The Hall–Kier alpha value is -1.56. The molecule has 49 heavy (non-hydrogen) atoms. The molecule has 0 aromatic carbocycles. The van der Waals surface area contributed by atoms with E-state index in [1.807, 2.05) is 0 Å². The van der Waals surface area contributed by atoms with Crippen LogP contribution < -0.4 is 0 Å². The van der Waals surface area contributed by atoms with E-state index in [1.165, 1.54) is 0 Å². The summed E-state index contributed by atoms with van der Waals surface area (Å²) < 4.78 is 35.9. The quantitative estimate of drug-likeness (QED) is 0.125. The highest BCUT2D eigenvalue weighted by Gasteiger charge is 2.71. The van der Waals surface area contributed by atoms with Crippen molar-refractivity contribution in [2.75, 3.05) is 13.2 Å². The van der Waals surface area contributed by atoms with Crippen molar-refractivity contribution in [3.63, 3.8) is 0 Å². The Morgan fingerprint density at radius 3 is 2.47 bits per heavy atom. The van der Waals surface area contributed by atoms with Crippen LogP contribution >= 0.6 is 0 Å². The number of fused-ring (bicyclic) bond motifs is 7. The summed E-state index contributed by atoms with van der Waals surface area (Å²) >= 11 is 0. The molecule has 4 aliphatic heterocycles. The number of carbonyl (C=O) groups is 2. The van der Waals surface area contributed by atoms with Gasteiger partial charge in [-0.05, 0) is 87.5 Å². The second kappa shape index (κ2) is 12.0. The zero-order valence-corrected chi connectivity index (χ0v) is 28.0. The molecule has 14 heteroatoms. The van der Waals surface area contributed by atoms with Gasteiger partial charge in [-0.2, -0.15) is 0 Å². The van der Waals surface area contributed by atoms with Gasteiger partial charge in [0.1, 0.15) is 43.4 Å². The molecule has 4 aliphatic carbocycles. The molecule has 18 atom stereocenters. The monoisotopic (exact) mass is 694 g/mol. The smallest absolute Gasteiger partial charge is 0.331 e. The van der Waals surface area contributed by atoms with Crippen molar-refractivity contribution >= 4 is 12.3 Å². The zero-order chi connectivity index (χ0) is 34.7. The molecule has 6 N–H and O–H groups in total. The minimum absolute atomic E-state index is 0.0156. The van der Waals surface area contributed by atoms with Crippen LogP contribution in [-0.2, 0) is 38.0 Å². The van der Waals surface area contributed by atoms with Crippen LogP contribution in [-0.4, -0.2) is 129 Å². The number of aliphatic hydroxyl groups excluding tert-OH is 4. The third-order valence-electron chi connectivity index (χ3n) is 14.2. The molecule has 0 amide bonds. The first-order valence-electron chi connectivity index (χ1n) is 18.0. The Kier molecular flexibility index (Phi) is 8.45. The molecule has 7 fully saturated rings. The predicted molar refractivity (Wildman–Crippen MR) is 164 cm³/mol. The van der Waals surface area contributed by atoms with Gasteiger partial charge in [0.05, 0.1) is 30.5 Å². The van der Waals surface area contributed by atoms with Crippen LogP contribution in [0.5, 0.6) is 0 Å². The van der Waals surface area contributed by atoms with Gasteiger partial charge in [0, 0.05) is 23.3 Å². The highest BCUT2D eigenvalue weighted by Crippen LogP contribution is 2.70. The number of cyclic esters (lactones) is 1. The lowest BCUT2D eigenvalue weighted by atomic mass is 9.42. The molecule has 2 unspecified atom stereocenters. The van der Waals surface area contributed by atoms with Crippen molar-refractivity contribution in [3.8, 4) is 0 Å². The fraction of sp³-hybridized carbons (Fsp3) is 0.886. The maximum Gasteiger partial charge on any atom is 0.331 e. The van der Waals surface area contributed by atoms with E-state index in [2.05, 4.69) is 6.92 Å². The molecule has 0 aromatic heterocycles. The lowest BCUT2D eigenvalue weighted by Crippen LogP contribution is -2.72. The number of hydrogen-bond acceptors (Lipinski definition) is 14. The van der Waals surface area contributed by atoms with E-state index >= 15 is 0 Å². The first-order valence-corrected chi connectivity index (χ1v) is 18.0. The molecule has 8 rings (SSSR count). The Balaban J connectivity index is 1.05. The summed E-state index contributed by atoms with van der Waals surface area (Å²) in [4.78, 5) is 25.4. The average molecular weight is 695 g/mol. The molecule has 4 heterocycles. The van der Waals surface area contributed by atoms with E-state index in [4.69, 9.17) is 28.4 Å². The first-order chi connectivity index (χ1) is 23.3. The fourth-order valence-corrected chi connectivity index (χ4v) is 11.7. The van der Waals surface area contributed by atoms with E-state index in [0.29, 0.717) is 19.3 Å². The van der Waals surface area contributed by atoms with Crippen LogP contribution in [0.3, 0.4) is 0 Å². The lowest BCUT2D eigenvalue weighted by Gasteiger charge is -2.65. The van der Waals surface area contributed by atoms with Crippen LogP contribution in [0.1, 0.15) is 71.6 Å². The Labute approximate surface area is 284 Å². The standard InChI is InChI=1S/C35H50O14/c1-16-9-25(48-30-29(41)28(40)27(39)24(13-36)46-30)35(43)31(45-16)47-22-11-18-3-4-21-20(33(18,15-37)12-23(22)49-35)5-7-32(2)19(6-8-34(21,32)42)17-10-26(38)44-14-17/h10,15-16,18-25,27-31,36,39-43H,3-9,11-14H2,1-2H3/t16-,18+,19-,20?,21?,22-,23-,24-,25-,27-,28+,29-,30+,31+,32-,33-,34+,35+/m1/s1. The van der Waals surface area contributed by atoms with Crippen LogP contribution in [0.15, 0.2) is 11.6 Å². The number of esters is 1. The Morgan fingerprint density at radius 2 is 1.76 bits per heavy atom. The summed E-state index contributed by atoms with van der Waals surface area (Å²) in [5, 5.41) is 65.7. The molecular formula is C35H50O14. The van der Waals surface area contributed by atoms with Crippen LogP contribution in [0.2, 0.25) is 0 Å². The molecule has 0 spiro atoms. The van der Waals surface area contributed by atoms with Crippen LogP contribution in [0.4, 0.5) is 0 Å².